The lowest BCUT2D eigenvalue weighted by molar-refractivity contribution is -0.123. The van der Waals surface area contributed by atoms with Gasteiger partial charge in [0.25, 0.3) is 0 Å². The first kappa shape index (κ1) is 16.2. The van der Waals surface area contributed by atoms with Gasteiger partial charge in [-0.2, -0.15) is 0 Å². The van der Waals surface area contributed by atoms with Crippen LogP contribution in [0.1, 0.15) is 32.6 Å². The predicted octanol–water partition coefficient (Wildman–Crippen LogP) is -0.297. The molecule has 0 aromatic heterocycles. The second kappa shape index (κ2) is 8.34. The molecule has 6 nitrogen and oxygen atoms in total. The van der Waals surface area contributed by atoms with Crippen molar-refractivity contribution >= 4 is 11.8 Å². The molecular formula is C15H28N4O2. The molecule has 2 fully saturated rings. The Hall–Kier alpha value is -1.14. The van der Waals surface area contributed by atoms with E-state index in [0.717, 1.165) is 45.6 Å². The second-order valence-electron chi connectivity index (χ2n) is 6.19. The van der Waals surface area contributed by atoms with Crippen molar-refractivity contribution in [2.75, 3.05) is 39.3 Å². The molecule has 2 heterocycles. The van der Waals surface area contributed by atoms with Crippen molar-refractivity contribution in [2.24, 2.45) is 5.92 Å². The van der Waals surface area contributed by atoms with Gasteiger partial charge in [0.1, 0.15) is 0 Å². The third-order valence-electron chi connectivity index (χ3n) is 4.35. The maximum Gasteiger partial charge on any atom is 0.237 e. The lowest BCUT2D eigenvalue weighted by Gasteiger charge is -2.33. The third-order valence-corrected chi connectivity index (χ3v) is 4.35. The Labute approximate surface area is 127 Å². The molecule has 0 bridgehead atoms. The van der Waals surface area contributed by atoms with Crippen molar-refractivity contribution in [3.8, 4) is 0 Å². The summed E-state index contributed by atoms with van der Waals surface area (Å²) < 4.78 is 0. The van der Waals surface area contributed by atoms with Gasteiger partial charge in [-0.05, 0) is 44.7 Å². The number of nitrogens with one attached hydrogen (secondary N) is 3. The van der Waals surface area contributed by atoms with Gasteiger partial charge < -0.3 is 20.9 Å². The number of nitrogens with zero attached hydrogens (tertiary/aromatic N) is 1. The first-order chi connectivity index (χ1) is 10.1. The zero-order valence-corrected chi connectivity index (χ0v) is 13.0. The lowest BCUT2D eigenvalue weighted by atomic mass is 9.98. The van der Waals surface area contributed by atoms with Crippen molar-refractivity contribution in [2.45, 2.75) is 38.6 Å². The Kier molecular flexibility index (Phi) is 6.45. The van der Waals surface area contributed by atoms with Gasteiger partial charge in [-0.1, -0.05) is 0 Å². The molecule has 0 aromatic carbocycles. The summed E-state index contributed by atoms with van der Waals surface area (Å²) in [6, 6.07) is 0.0180. The van der Waals surface area contributed by atoms with Crippen LogP contribution >= 0.6 is 0 Å². The minimum Gasteiger partial charge on any atom is -0.355 e. The smallest absolute Gasteiger partial charge is 0.237 e. The normalized spacial score (nSPS) is 26.5. The van der Waals surface area contributed by atoms with Crippen LogP contribution in [0, 0.1) is 5.92 Å². The van der Waals surface area contributed by atoms with Crippen LogP contribution in [0.2, 0.25) is 0 Å². The number of hydrogen-bond donors (Lipinski definition) is 3. The van der Waals surface area contributed by atoms with Gasteiger partial charge in [0.2, 0.25) is 11.8 Å². The molecule has 21 heavy (non-hydrogen) atoms. The fourth-order valence-electron chi connectivity index (χ4n) is 3.19. The van der Waals surface area contributed by atoms with Gasteiger partial charge in [0.15, 0.2) is 0 Å². The number of amides is 2. The summed E-state index contributed by atoms with van der Waals surface area (Å²) in [5.74, 6) is 0.712. The first-order valence-electron chi connectivity index (χ1n) is 8.13. The van der Waals surface area contributed by atoms with Gasteiger partial charge in [-0.3, -0.25) is 9.59 Å². The van der Waals surface area contributed by atoms with Gasteiger partial charge in [-0.15, -0.1) is 0 Å². The zero-order chi connectivity index (χ0) is 15.1. The minimum atomic E-state index is 0.0180. The molecule has 0 aliphatic carbocycles. The van der Waals surface area contributed by atoms with Crippen molar-refractivity contribution in [3.05, 3.63) is 0 Å². The van der Waals surface area contributed by atoms with E-state index in [1.54, 1.807) is 6.92 Å². The van der Waals surface area contributed by atoms with Crippen LogP contribution in [-0.2, 0) is 9.59 Å². The Balaban J connectivity index is 1.63. The maximum absolute atomic E-state index is 12.0. The fraction of sp³-hybridized carbons (Fsp3) is 0.867. The topological polar surface area (TPSA) is 73.5 Å². The van der Waals surface area contributed by atoms with Crippen molar-refractivity contribution in [1.82, 2.24) is 20.9 Å². The van der Waals surface area contributed by atoms with Crippen LogP contribution in [-0.4, -0.2) is 62.0 Å². The SMILES string of the molecule is CC(=O)NCCN1CCCC(CNC(=O)C2CCCN2)C1. The summed E-state index contributed by atoms with van der Waals surface area (Å²) in [6.07, 6.45) is 4.40. The fourth-order valence-corrected chi connectivity index (χ4v) is 3.19. The highest BCUT2D eigenvalue weighted by Crippen LogP contribution is 2.15. The zero-order valence-electron chi connectivity index (χ0n) is 13.0. The molecule has 2 unspecified atom stereocenters. The van der Waals surface area contributed by atoms with E-state index >= 15 is 0 Å². The van der Waals surface area contributed by atoms with Gasteiger partial charge >= 0.3 is 0 Å². The Morgan fingerprint density at radius 3 is 2.81 bits per heavy atom. The summed E-state index contributed by atoms with van der Waals surface area (Å²) in [6.45, 7) is 6.98. The van der Waals surface area contributed by atoms with Gasteiger partial charge in [0.05, 0.1) is 6.04 Å². The van der Waals surface area contributed by atoms with Crippen LogP contribution in [0.25, 0.3) is 0 Å². The predicted molar refractivity (Wildman–Crippen MR) is 81.9 cm³/mol. The molecule has 2 rings (SSSR count). The summed E-state index contributed by atoms with van der Waals surface area (Å²) in [4.78, 5) is 25.2. The Morgan fingerprint density at radius 2 is 2.10 bits per heavy atom. The standard InChI is InChI=1S/C15H28N4O2/c1-12(20)16-7-9-19-8-3-4-13(11-19)10-18-15(21)14-5-2-6-17-14/h13-14,17H,2-11H2,1H3,(H,16,20)(H,18,21). The largest absolute Gasteiger partial charge is 0.355 e. The molecule has 2 aliphatic heterocycles. The van der Waals surface area contributed by atoms with Gasteiger partial charge in [0, 0.05) is 33.1 Å². The van der Waals surface area contributed by atoms with E-state index < -0.39 is 0 Å². The van der Waals surface area contributed by atoms with E-state index in [1.807, 2.05) is 0 Å². The number of rotatable bonds is 6. The molecule has 2 saturated heterocycles. The highest BCUT2D eigenvalue weighted by atomic mass is 16.2. The molecule has 2 atom stereocenters. The maximum atomic E-state index is 12.0. The van der Waals surface area contributed by atoms with Crippen LogP contribution in [0.5, 0.6) is 0 Å². The molecule has 2 amide bonds. The van der Waals surface area contributed by atoms with Crippen molar-refractivity contribution in [3.63, 3.8) is 0 Å². The number of piperidine rings is 1. The van der Waals surface area contributed by atoms with Crippen LogP contribution < -0.4 is 16.0 Å². The lowest BCUT2D eigenvalue weighted by Crippen LogP contribution is -2.46. The third kappa shape index (κ3) is 5.63. The van der Waals surface area contributed by atoms with E-state index in [2.05, 4.69) is 20.9 Å². The molecule has 3 N–H and O–H groups in total. The molecule has 120 valence electrons. The average molecular weight is 296 g/mol. The molecule has 0 radical (unpaired) electrons. The van der Waals surface area contributed by atoms with Crippen molar-refractivity contribution < 1.29 is 9.59 Å². The van der Waals surface area contributed by atoms with E-state index in [9.17, 15) is 9.59 Å². The minimum absolute atomic E-state index is 0.0180. The van der Waals surface area contributed by atoms with Crippen LogP contribution in [0.3, 0.4) is 0 Å². The Morgan fingerprint density at radius 1 is 1.24 bits per heavy atom. The summed E-state index contributed by atoms with van der Waals surface area (Å²) in [5, 5.41) is 9.16. The number of likely N-dealkylation sites (tertiary alicyclic amines) is 1. The van der Waals surface area contributed by atoms with Crippen molar-refractivity contribution in [1.29, 1.82) is 0 Å². The summed E-state index contributed by atoms with van der Waals surface area (Å²) in [5.41, 5.74) is 0. The van der Waals surface area contributed by atoms with Crippen LogP contribution in [0.15, 0.2) is 0 Å². The molecular weight excluding hydrogens is 268 g/mol. The average Bonchev–Trinajstić information content (AvgIpc) is 2.99. The molecule has 6 heteroatoms. The molecule has 0 aromatic rings. The second-order valence-corrected chi connectivity index (χ2v) is 6.19. The van der Waals surface area contributed by atoms with E-state index in [1.165, 1.54) is 12.8 Å². The monoisotopic (exact) mass is 296 g/mol. The van der Waals surface area contributed by atoms with Gasteiger partial charge in [-0.25, -0.2) is 0 Å². The van der Waals surface area contributed by atoms with E-state index in [4.69, 9.17) is 0 Å². The first-order valence-corrected chi connectivity index (χ1v) is 8.13. The summed E-state index contributed by atoms with van der Waals surface area (Å²) >= 11 is 0. The summed E-state index contributed by atoms with van der Waals surface area (Å²) in [7, 11) is 0. The number of carbonyl (C=O) groups excluding carboxylic acids is 2. The Bertz CT molecular complexity index is 356. The number of hydrogen-bond acceptors (Lipinski definition) is 4. The van der Waals surface area contributed by atoms with E-state index in [-0.39, 0.29) is 17.9 Å². The quantitative estimate of drug-likeness (QED) is 0.629. The molecule has 0 spiro atoms. The highest BCUT2D eigenvalue weighted by molar-refractivity contribution is 5.81. The molecule has 2 aliphatic rings. The highest BCUT2D eigenvalue weighted by Gasteiger charge is 2.24. The van der Waals surface area contributed by atoms with E-state index in [0.29, 0.717) is 12.5 Å². The molecule has 0 saturated carbocycles. The number of carbonyl (C=O) groups is 2. The van der Waals surface area contributed by atoms with Crippen LogP contribution in [0.4, 0.5) is 0 Å².